The average Bonchev–Trinajstić information content (AvgIpc) is 2.63. The first-order valence-corrected chi connectivity index (χ1v) is 8.07. The first-order valence-electron chi connectivity index (χ1n) is 7.32. The van der Waals surface area contributed by atoms with Gasteiger partial charge >= 0.3 is 0 Å². The molecule has 26 heavy (non-hydrogen) atoms. The zero-order valence-corrected chi connectivity index (χ0v) is 14.6. The van der Waals surface area contributed by atoms with Crippen molar-refractivity contribution in [3.05, 3.63) is 74.3 Å². The number of benzene rings is 2. The van der Waals surface area contributed by atoms with E-state index in [0.717, 1.165) is 0 Å². The molecule has 0 atom stereocenters. The number of nitrogens with two attached hydrogens (primary N) is 1. The number of nitrogens with zero attached hydrogens (tertiary/aromatic N) is 3. The van der Waals surface area contributed by atoms with Crippen LogP contribution in [0.15, 0.2) is 48.5 Å². The molecule has 0 fully saturated rings. The minimum absolute atomic E-state index is 0.0338. The molecule has 0 aliphatic heterocycles. The van der Waals surface area contributed by atoms with Crippen LogP contribution in [0.4, 0.5) is 11.5 Å². The maximum Gasteiger partial charge on any atom is 0.269 e. The lowest BCUT2D eigenvalue weighted by Crippen LogP contribution is -2.00. The highest BCUT2D eigenvalue weighted by atomic mass is 35.5. The van der Waals surface area contributed by atoms with E-state index in [2.05, 4.69) is 4.98 Å². The van der Waals surface area contributed by atoms with Gasteiger partial charge in [-0.3, -0.25) is 10.1 Å². The van der Waals surface area contributed by atoms with Crippen molar-refractivity contribution in [1.82, 2.24) is 4.98 Å². The molecule has 0 saturated heterocycles. The lowest BCUT2D eigenvalue weighted by Gasteiger charge is -2.12. The van der Waals surface area contributed by atoms with Crippen LogP contribution in [0.5, 0.6) is 0 Å². The Morgan fingerprint density at radius 3 is 2.42 bits per heavy atom. The van der Waals surface area contributed by atoms with E-state index in [-0.39, 0.29) is 17.1 Å². The molecule has 1 aromatic heterocycles. The molecule has 0 aliphatic carbocycles. The van der Waals surface area contributed by atoms with Crippen LogP contribution >= 0.6 is 23.2 Å². The summed E-state index contributed by atoms with van der Waals surface area (Å²) in [6.45, 7) is 0. The number of rotatable bonds is 3. The van der Waals surface area contributed by atoms with Gasteiger partial charge in [-0.15, -0.1) is 0 Å². The van der Waals surface area contributed by atoms with E-state index < -0.39 is 4.92 Å². The van der Waals surface area contributed by atoms with Gasteiger partial charge in [0.1, 0.15) is 17.5 Å². The zero-order valence-electron chi connectivity index (χ0n) is 13.1. The Labute approximate surface area is 158 Å². The third-order valence-corrected chi connectivity index (χ3v) is 4.59. The summed E-state index contributed by atoms with van der Waals surface area (Å²) >= 11 is 12.4. The Kier molecular flexibility index (Phi) is 4.76. The Hall–Kier alpha value is -3.14. The van der Waals surface area contributed by atoms with Gasteiger partial charge in [0.2, 0.25) is 0 Å². The highest BCUT2D eigenvalue weighted by Crippen LogP contribution is 2.38. The van der Waals surface area contributed by atoms with Crippen LogP contribution in [-0.4, -0.2) is 9.91 Å². The molecule has 0 unspecified atom stereocenters. The van der Waals surface area contributed by atoms with E-state index in [1.807, 2.05) is 6.07 Å². The molecule has 0 bridgehead atoms. The minimum Gasteiger partial charge on any atom is -0.383 e. The molecule has 128 valence electrons. The van der Waals surface area contributed by atoms with Gasteiger partial charge in [-0.1, -0.05) is 35.3 Å². The molecule has 3 rings (SSSR count). The Morgan fingerprint density at radius 2 is 1.81 bits per heavy atom. The number of nitro groups is 1. The first kappa shape index (κ1) is 17.7. The molecular weight excluding hydrogens is 375 g/mol. The molecule has 0 radical (unpaired) electrons. The summed E-state index contributed by atoms with van der Waals surface area (Å²) in [6.07, 6.45) is 0. The van der Waals surface area contributed by atoms with E-state index >= 15 is 0 Å². The van der Waals surface area contributed by atoms with E-state index in [9.17, 15) is 15.4 Å². The van der Waals surface area contributed by atoms with Gasteiger partial charge in [0.05, 0.1) is 20.7 Å². The maximum absolute atomic E-state index is 10.8. The van der Waals surface area contributed by atoms with Crippen molar-refractivity contribution < 1.29 is 4.92 Å². The molecule has 2 aromatic carbocycles. The summed E-state index contributed by atoms with van der Waals surface area (Å²) in [5.74, 6) is 0.0365. The van der Waals surface area contributed by atoms with Gasteiger partial charge in [0, 0.05) is 28.8 Å². The van der Waals surface area contributed by atoms with Crippen LogP contribution in [0.2, 0.25) is 10.0 Å². The number of non-ortho nitro benzene ring substituents is 1. The van der Waals surface area contributed by atoms with Crippen molar-refractivity contribution in [3.8, 4) is 28.5 Å². The smallest absolute Gasteiger partial charge is 0.269 e. The summed E-state index contributed by atoms with van der Waals surface area (Å²) in [7, 11) is 0. The molecule has 8 heteroatoms. The predicted octanol–water partition coefficient (Wildman–Crippen LogP) is 5.08. The van der Waals surface area contributed by atoms with Crippen molar-refractivity contribution in [2.75, 3.05) is 5.73 Å². The molecular formula is C18H10Cl2N4O2. The molecule has 2 N–H and O–H groups in total. The number of pyridine rings is 1. The maximum atomic E-state index is 10.8. The number of anilines is 1. The molecule has 3 aromatic rings. The van der Waals surface area contributed by atoms with E-state index in [0.29, 0.717) is 32.4 Å². The van der Waals surface area contributed by atoms with Crippen LogP contribution in [-0.2, 0) is 0 Å². The summed E-state index contributed by atoms with van der Waals surface area (Å²) in [4.78, 5) is 14.6. The Balaban J connectivity index is 2.21. The van der Waals surface area contributed by atoms with Crippen LogP contribution in [0.25, 0.3) is 22.4 Å². The molecule has 1 heterocycles. The number of halogens is 2. The SMILES string of the molecule is N#Cc1c(-c2cccc(Cl)c2Cl)cc(-c2ccc([N+](=O)[O-])cc2)nc1N. The van der Waals surface area contributed by atoms with Crippen molar-refractivity contribution in [2.24, 2.45) is 0 Å². The Bertz CT molecular complexity index is 1060. The number of nitriles is 1. The molecule has 0 amide bonds. The van der Waals surface area contributed by atoms with Gasteiger partial charge in [0.15, 0.2) is 0 Å². The van der Waals surface area contributed by atoms with Gasteiger partial charge in [-0.2, -0.15) is 5.26 Å². The first-order chi connectivity index (χ1) is 12.4. The van der Waals surface area contributed by atoms with Crippen LogP contribution in [0.3, 0.4) is 0 Å². The van der Waals surface area contributed by atoms with Crippen molar-refractivity contribution in [3.63, 3.8) is 0 Å². The van der Waals surface area contributed by atoms with Gasteiger partial charge in [0.25, 0.3) is 5.69 Å². The summed E-state index contributed by atoms with van der Waals surface area (Å²) in [5.41, 5.74) is 8.22. The molecule has 0 spiro atoms. The van der Waals surface area contributed by atoms with Gasteiger partial charge in [-0.05, 0) is 24.3 Å². The van der Waals surface area contributed by atoms with Crippen molar-refractivity contribution in [2.45, 2.75) is 0 Å². The zero-order chi connectivity index (χ0) is 18.8. The number of hydrogen-bond acceptors (Lipinski definition) is 5. The van der Waals surface area contributed by atoms with Crippen LogP contribution < -0.4 is 5.73 Å². The number of hydrogen-bond donors (Lipinski definition) is 1. The summed E-state index contributed by atoms with van der Waals surface area (Å²) < 4.78 is 0. The quantitative estimate of drug-likeness (QED) is 0.500. The second-order valence-corrected chi connectivity index (χ2v) is 6.12. The highest BCUT2D eigenvalue weighted by molar-refractivity contribution is 6.43. The second-order valence-electron chi connectivity index (χ2n) is 5.33. The monoisotopic (exact) mass is 384 g/mol. The number of nitro benzene ring substituents is 1. The Morgan fingerprint density at radius 1 is 1.12 bits per heavy atom. The van der Waals surface area contributed by atoms with Crippen LogP contribution in [0, 0.1) is 21.4 Å². The lowest BCUT2D eigenvalue weighted by atomic mass is 9.98. The fourth-order valence-corrected chi connectivity index (χ4v) is 2.91. The highest BCUT2D eigenvalue weighted by Gasteiger charge is 2.17. The van der Waals surface area contributed by atoms with E-state index in [1.54, 1.807) is 36.4 Å². The van der Waals surface area contributed by atoms with Gasteiger partial charge < -0.3 is 5.73 Å². The topological polar surface area (TPSA) is 106 Å². The van der Waals surface area contributed by atoms with Gasteiger partial charge in [-0.25, -0.2) is 4.98 Å². The summed E-state index contributed by atoms with van der Waals surface area (Å²) in [5, 5.41) is 20.9. The fraction of sp³-hybridized carbons (Fsp3) is 0. The fourth-order valence-electron chi connectivity index (χ4n) is 2.51. The predicted molar refractivity (Wildman–Crippen MR) is 101 cm³/mol. The normalized spacial score (nSPS) is 10.3. The second kappa shape index (κ2) is 7.00. The van der Waals surface area contributed by atoms with E-state index in [1.165, 1.54) is 12.1 Å². The molecule has 0 saturated carbocycles. The lowest BCUT2D eigenvalue weighted by molar-refractivity contribution is -0.384. The average molecular weight is 385 g/mol. The third kappa shape index (κ3) is 3.18. The standard InChI is InChI=1S/C18H10Cl2N4O2/c19-15-3-1-2-12(17(15)20)13-8-16(23-18(22)14(13)9-21)10-4-6-11(7-5-10)24(25)26/h1-8H,(H2,22,23). The third-order valence-electron chi connectivity index (χ3n) is 3.77. The van der Waals surface area contributed by atoms with Crippen molar-refractivity contribution in [1.29, 1.82) is 5.26 Å². The van der Waals surface area contributed by atoms with Crippen molar-refractivity contribution >= 4 is 34.7 Å². The summed E-state index contributed by atoms with van der Waals surface area (Å²) in [6, 6.07) is 14.6. The largest absolute Gasteiger partial charge is 0.383 e. The van der Waals surface area contributed by atoms with Crippen LogP contribution in [0.1, 0.15) is 5.56 Å². The van der Waals surface area contributed by atoms with E-state index in [4.69, 9.17) is 28.9 Å². The number of nitrogen functional groups attached to an aromatic ring is 1. The minimum atomic E-state index is -0.485. The molecule has 6 nitrogen and oxygen atoms in total. The number of aromatic nitrogens is 1. The molecule has 0 aliphatic rings.